The highest BCUT2D eigenvalue weighted by molar-refractivity contribution is 5.84. The van der Waals surface area contributed by atoms with Gasteiger partial charge in [0.25, 0.3) is 0 Å². The number of benzene rings is 1. The summed E-state index contributed by atoms with van der Waals surface area (Å²) < 4.78 is 0. The van der Waals surface area contributed by atoms with E-state index in [0.717, 1.165) is 5.56 Å². The fourth-order valence-corrected chi connectivity index (χ4v) is 2.55. The molecule has 0 spiro atoms. The van der Waals surface area contributed by atoms with Crippen LogP contribution in [0.2, 0.25) is 0 Å². The maximum absolute atomic E-state index is 12.4. The van der Waals surface area contributed by atoms with Crippen molar-refractivity contribution in [1.29, 1.82) is 0 Å². The normalized spacial score (nSPS) is 17.0. The Balaban J connectivity index is 3.17. The van der Waals surface area contributed by atoms with Gasteiger partial charge in [0.15, 0.2) is 0 Å². The van der Waals surface area contributed by atoms with Gasteiger partial charge >= 0.3 is 0 Å². The van der Waals surface area contributed by atoms with E-state index in [2.05, 4.69) is 0 Å². The van der Waals surface area contributed by atoms with Crippen LogP contribution in [0, 0.1) is 17.3 Å². The standard InChI is InChI=1S/C19H28O2/c1-14(2)17(20)15(3)19(21,18(4,5)6)13-12-16-10-8-7-9-11-16/h7-15,21H,1-6H3/b13-12+. The van der Waals surface area contributed by atoms with E-state index in [9.17, 15) is 9.90 Å². The Morgan fingerprint density at radius 1 is 1.10 bits per heavy atom. The summed E-state index contributed by atoms with van der Waals surface area (Å²) in [5.74, 6) is -0.443. The highest BCUT2D eigenvalue weighted by Gasteiger charge is 2.45. The lowest BCUT2D eigenvalue weighted by Crippen LogP contribution is -2.50. The summed E-state index contributed by atoms with van der Waals surface area (Å²) in [4.78, 5) is 12.4. The van der Waals surface area contributed by atoms with Crippen molar-refractivity contribution in [3.05, 3.63) is 42.0 Å². The van der Waals surface area contributed by atoms with Crippen LogP contribution in [0.25, 0.3) is 6.08 Å². The Kier molecular flexibility index (Phi) is 5.52. The molecule has 2 nitrogen and oxygen atoms in total. The van der Waals surface area contributed by atoms with Crippen LogP contribution in [0.1, 0.15) is 47.1 Å². The third kappa shape index (κ3) is 4.04. The molecule has 0 fully saturated rings. The quantitative estimate of drug-likeness (QED) is 0.875. The van der Waals surface area contributed by atoms with Gasteiger partial charge in [-0.25, -0.2) is 0 Å². The monoisotopic (exact) mass is 288 g/mol. The molecule has 0 saturated heterocycles. The lowest BCUT2D eigenvalue weighted by atomic mass is 9.66. The fraction of sp³-hybridized carbons (Fsp3) is 0.526. The molecule has 0 aliphatic carbocycles. The molecule has 1 N–H and O–H groups in total. The number of aliphatic hydroxyl groups is 1. The molecule has 2 atom stereocenters. The second-order valence-corrected chi connectivity index (χ2v) is 7.10. The molecule has 0 aliphatic rings. The molecule has 2 heteroatoms. The van der Waals surface area contributed by atoms with Crippen molar-refractivity contribution in [2.24, 2.45) is 17.3 Å². The first-order valence-corrected chi connectivity index (χ1v) is 7.60. The average molecular weight is 288 g/mol. The van der Waals surface area contributed by atoms with Gasteiger partial charge in [0.1, 0.15) is 5.78 Å². The van der Waals surface area contributed by atoms with Crippen molar-refractivity contribution >= 4 is 11.9 Å². The molecular weight excluding hydrogens is 260 g/mol. The van der Waals surface area contributed by atoms with E-state index < -0.39 is 16.9 Å². The Labute approximate surface area is 128 Å². The van der Waals surface area contributed by atoms with Crippen molar-refractivity contribution in [2.75, 3.05) is 0 Å². The minimum absolute atomic E-state index is 0.0843. The van der Waals surface area contributed by atoms with Gasteiger partial charge in [-0.05, 0) is 11.0 Å². The molecule has 0 radical (unpaired) electrons. The number of carbonyl (C=O) groups is 1. The van der Waals surface area contributed by atoms with Gasteiger partial charge in [-0.15, -0.1) is 0 Å². The minimum atomic E-state index is -1.18. The second-order valence-electron chi connectivity index (χ2n) is 7.10. The molecular formula is C19H28O2. The van der Waals surface area contributed by atoms with Crippen molar-refractivity contribution in [1.82, 2.24) is 0 Å². The Morgan fingerprint density at radius 2 is 1.62 bits per heavy atom. The second kappa shape index (κ2) is 6.57. The van der Waals surface area contributed by atoms with Crippen molar-refractivity contribution in [3.63, 3.8) is 0 Å². The zero-order chi connectivity index (χ0) is 16.3. The first kappa shape index (κ1) is 17.6. The van der Waals surface area contributed by atoms with E-state index in [1.54, 1.807) is 6.08 Å². The zero-order valence-electron chi connectivity index (χ0n) is 14.1. The first-order chi connectivity index (χ1) is 9.59. The van der Waals surface area contributed by atoms with E-state index in [-0.39, 0.29) is 11.7 Å². The van der Waals surface area contributed by atoms with Crippen LogP contribution < -0.4 is 0 Å². The zero-order valence-corrected chi connectivity index (χ0v) is 14.1. The molecule has 21 heavy (non-hydrogen) atoms. The van der Waals surface area contributed by atoms with Crippen LogP contribution in [-0.4, -0.2) is 16.5 Å². The fourth-order valence-electron chi connectivity index (χ4n) is 2.55. The van der Waals surface area contributed by atoms with Gasteiger partial charge in [0, 0.05) is 11.8 Å². The molecule has 0 aliphatic heterocycles. The summed E-state index contributed by atoms with van der Waals surface area (Å²) in [7, 11) is 0. The molecule has 1 aromatic carbocycles. The van der Waals surface area contributed by atoms with E-state index in [4.69, 9.17) is 0 Å². The van der Waals surface area contributed by atoms with Crippen LogP contribution in [0.15, 0.2) is 36.4 Å². The molecule has 0 heterocycles. The molecule has 0 bridgehead atoms. The van der Waals surface area contributed by atoms with E-state index in [0.29, 0.717) is 0 Å². The Bertz CT molecular complexity index is 494. The molecule has 2 unspecified atom stereocenters. The number of rotatable bonds is 5. The van der Waals surface area contributed by atoms with E-state index in [1.165, 1.54) is 0 Å². The predicted molar refractivity (Wildman–Crippen MR) is 88.9 cm³/mol. The number of hydrogen-bond acceptors (Lipinski definition) is 2. The summed E-state index contributed by atoms with van der Waals surface area (Å²) in [6.07, 6.45) is 3.68. The SMILES string of the molecule is CC(C)C(=O)C(C)C(O)(/C=C/c1ccccc1)C(C)(C)C. The van der Waals surface area contributed by atoms with Gasteiger partial charge in [0.05, 0.1) is 5.60 Å². The van der Waals surface area contributed by atoms with Gasteiger partial charge in [-0.2, -0.15) is 0 Å². The maximum Gasteiger partial charge on any atom is 0.141 e. The molecule has 0 amide bonds. The van der Waals surface area contributed by atoms with Crippen LogP contribution in [0.4, 0.5) is 0 Å². The van der Waals surface area contributed by atoms with Gasteiger partial charge in [-0.1, -0.05) is 84.0 Å². The van der Waals surface area contributed by atoms with Gasteiger partial charge in [0.2, 0.25) is 0 Å². The Hall–Kier alpha value is -1.41. The van der Waals surface area contributed by atoms with Crippen LogP contribution >= 0.6 is 0 Å². The summed E-state index contributed by atoms with van der Waals surface area (Å²) in [6.45, 7) is 11.5. The number of hydrogen-bond donors (Lipinski definition) is 1. The largest absolute Gasteiger partial charge is 0.384 e. The summed E-state index contributed by atoms with van der Waals surface area (Å²) in [5.41, 5.74) is -0.587. The Morgan fingerprint density at radius 3 is 2.05 bits per heavy atom. The smallest absolute Gasteiger partial charge is 0.141 e. The first-order valence-electron chi connectivity index (χ1n) is 7.60. The van der Waals surface area contributed by atoms with E-state index >= 15 is 0 Å². The summed E-state index contributed by atoms with van der Waals surface area (Å²) >= 11 is 0. The van der Waals surface area contributed by atoms with E-state index in [1.807, 2.05) is 78.0 Å². The topological polar surface area (TPSA) is 37.3 Å². The number of carbonyl (C=O) groups excluding carboxylic acids is 1. The number of ketones is 1. The molecule has 0 saturated carbocycles. The lowest BCUT2D eigenvalue weighted by molar-refractivity contribution is -0.138. The van der Waals surface area contributed by atoms with Gasteiger partial charge < -0.3 is 5.11 Å². The highest BCUT2D eigenvalue weighted by atomic mass is 16.3. The summed E-state index contributed by atoms with van der Waals surface area (Å²) in [6, 6.07) is 9.83. The van der Waals surface area contributed by atoms with Crippen molar-refractivity contribution < 1.29 is 9.90 Å². The van der Waals surface area contributed by atoms with Crippen LogP contribution in [0.5, 0.6) is 0 Å². The third-order valence-electron chi connectivity index (χ3n) is 4.19. The predicted octanol–water partition coefficient (Wildman–Crippen LogP) is 4.34. The van der Waals surface area contributed by atoms with Gasteiger partial charge in [-0.3, -0.25) is 4.79 Å². The highest BCUT2D eigenvalue weighted by Crippen LogP contribution is 2.39. The maximum atomic E-state index is 12.4. The van der Waals surface area contributed by atoms with Crippen molar-refractivity contribution in [2.45, 2.75) is 47.1 Å². The number of Topliss-reactive ketones (excluding diaryl/α,β-unsaturated/α-hetero) is 1. The lowest BCUT2D eigenvalue weighted by Gasteiger charge is -2.42. The minimum Gasteiger partial charge on any atom is -0.384 e. The molecule has 116 valence electrons. The third-order valence-corrected chi connectivity index (χ3v) is 4.19. The van der Waals surface area contributed by atoms with Crippen LogP contribution in [0.3, 0.4) is 0 Å². The average Bonchev–Trinajstić information content (AvgIpc) is 2.42. The molecule has 0 aromatic heterocycles. The van der Waals surface area contributed by atoms with Crippen LogP contribution in [-0.2, 0) is 4.79 Å². The summed E-state index contributed by atoms with van der Waals surface area (Å²) in [5, 5.41) is 11.2. The molecule has 1 aromatic rings. The van der Waals surface area contributed by atoms with Crippen molar-refractivity contribution in [3.8, 4) is 0 Å². The molecule has 1 rings (SSSR count).